The molecule has 2 heteroatoms. The number of hydrogen-bond acceptors (Lipinski definition) is 1. The third-order valence-electron chi connectivity index (χ3n) is 10.6. The Bertz CT molecular complexity index is 2990. The standard InChI is InChI=1S/C48H29NO/c1-2-10-35-29-44-42(28-34(35)9-1)47-38-11-4-3-8-32(38)22-26-43(47)49(44)36-23-20-31(21-24-36)30-16-18-33(19-17-30)37-25-27-46-48-40(37)13-7-14-41(48)39-12-5-6-15-45(39)50-46/h1-29H. The smallest absolute Gasteiger partial charge is 0.135 e. The van der Waals surface area contributed by atoms with E-state index in [9.17, 15) is 0 Å². The molecule has 2 heterocycles. The molecule has 1 aromatic heterocycles. The lowest BCUT2D eigenvalue weighted by molar-refractivity contribution is 0.487. The number of rotatable bonds is 3. The van der Waals surface area contributed by atoms with Crippen LogP contribution in [-0.4, -0.2) is 4.57 Å². The first-order valence-corrected chi connectivity index (χ1v) is 17.2. The third-order valence-corrected chi connectivity index (χ3v) is 10.6. The van der Waals surface area contributed by atoms with Crippen LogP contribution in [0, 0.1) is 0 Å². The van der Waals surface area contributed by atoms with Crippen LogP contribution in [0.1, 0.15) is 0 Å². The Balaban J connectivity index is 0.998. The molecule has 2 nitrogen and oxygen atoms in total. The van der Waals surface area contributed by atoms with Crippen LogP contribution in [0.3, 0.4) is 0 Å². The van der Waals surface area contributed by atoms with Crippen molar-refractivity contribution in [2.45, 2.75) is 0 Å². The Kier molecular flexibility index (Phi) is 5.70. The van der Waals surface area contributed by atoms with E-state index in [1.807, 2.05) is 12.1 Å². The van der Waals surface area contributed by atoms with E-state index in [1.165, 1.54) is 81.9 Å². The Morgan fingerprint density at radius 1 is 0.340 bits per heavy atom. The number of hydrogen-bond donors (Lipinski definition) is 0. The van der Waals surface area contributed by atoms with Crippen molar-refractivity contribution in [3.05, 3.63) is 176 Å². The summed E-state index contributed by atoms with van der Waals surface area (Å²) < 4.78 is 8.76. The van der Waals surface area contributed by atoms with Gasteiger partial charge in [-0.2, -0.15) is 0 Å². The molecule has 0 spiro atoms. The van der Waals surface area contributed by atoms with Crippen LogP contribution >= 0.6 is 0 Å². The maximum atomic E-state index is 6.34. The monoisotopic (exact) mass is 635 g/mol. The van der Waals surface area contributed by atoms with Gasteiger partial charge in [0, 0.05) is 27.4 Å². The van der Waals surface area contributed by atoms with E-state index in [1.54, 1.807) is 0 Å². The second-order valence-electron chi connectivity index (χ2n) is 13.3. The lowest BCUT2D eigenvalue weighted by Gasteiger charge is -2.22. The molecular formula is C48H29NO. The van der Waals surface area contributed by atoms with Gasteiger partial charge in [-0.1, -0.05) is 133 Å². The molecule has 0 radical (unpaired) electrons. The van der Waals surface area contributed by atoms with Gasteiger partial charge in [0.15, 0.2) is 0 Å². The van der Waals surface area contributed by atoms with Crippen molar-refractivity contribution in [2.75, 3.05) is 0 Å². The van der Waals surface area contributed by atoms with Crippen LogP contribution in [-0.2, 0) is 0 Å². The summed E-state index contributed by atoms with van der Waals surface area (Å²) in [6.07, 6.45) is 0. The van der Waals surface area contributed by atoms with Gasteiger partial charge in [0.1, 0.15) is 11.5 Å². The fraction of sp³-hybridized carbons (Fsp3) is 0. The molecule has 0 saturated carbocycles. The van der Waals surface area contributed by atoms with Crippen LogP contribution < -0.4 is 4.74 Å². The molecule has 1 aliphatic rings. The zero-order valence-corrected chi connectivity index (χ0v) is 27.1. The van der Waals surface area contributed by atoms with E-state index in [0.717, 1.165) is 22.7 Å². The first-order chi connectivity index (χ1) is 24.8. The van der Waals surface area contributed by atoms with Crippen molar-refractivity contribution in [3.63, 3.8) is 0 Å². The van der Waals surface area contributed by atoms with E-state index >= 15 is 0 Å². The average Bonchev–Trinajstić information content (AvgIpc) is 3.51. The summed E-state index contributed by atoms with van der Waals surface area (Å²) >= 11 is 0. The third kappa shape index (κ3) is 3.96. The van der Waals surface area contributed by atoms with E-state index in [4.69, 9.17) is 4.74 Å². The average molecular weight is 636 g/mol. The van der Waals surface area contributed by atoms with E-state index < -0.39 is 0 Å². The van der Waals surface area contributed by atoms with Crippen molar-refractivity contribution >= 4 is 54.1 Å². The van der Waals surface area contributed by atoms with Crippen molar-refractivity contribution < 1.29 is 4.74 Å². The minimum absolute atomic E-state index is 0.913. The molecular weight excluding hydrogens is 607 g/mol. The highest BCUT2D eigenvalue weighted by atomic mass is 16.5. The predicted octanol–water partition coefficient (Wildman–Crippen LogP) is 13.3. The number of aromatic nitrogens is 1. The summed E-state index contributed by atoms with van der Waals surface area (Å²) in [5.74, 6) is 1.83. The second-order valence-corrected chi connectivity index (χ2v) is 13.3. The van der Waals surface area contributed by atoms with Crippen LogP contribution in [0.15, 0.2) is 176 Å². The van der Waals surface area contributed by atoms with Gasteiger partial charge >= 0.3 is 0 Å². The molecule has 232 valence electrons. The zero-order chi connectivity index (χ0) is 32.8. The highest BCUT2D eigenvalue weighted by Gasteiger charge is 2.21. The number of benzene rings is 9. The van der Waals surface area contributed by atoms with Gasteiger partial charge in [0.2, 0.25) is 0 Å². The number of fused-ring (bicyclic) bond motifs is 8. The van der Waals surface area contributed by atoms with Crippen molar-refractivity contribution in [3.8, 4) is 50.6 Å². The summed E-state index contributed by atoms with van der Waals surface area (Å²) in [5.41, 5.74) is 10.8. The number of ether oxygens (including phenoxy) is 1. The maximum absolute atomic E-state index is 6.34. The topological polar surface area (TPSA) is 14.2 Å². The van der Waals surface area contributed by atoms with Gasteiger partial charge in [-0.15, -0.1) is 0 Å². The minimum Gasteiger partial charge on any atom is -0.456 e. The highest BCUT2D eigenvalue weighted by Crippen LogP contribution is 2.48. The van der Waals surface area contributed by atoms with Gasteiger partial charge in [-0.25, -0.2) is 0 Å². The molecule has 0 fully saturated rings. The maximum Gasteiger partial charge on any atom is 0.135 e. The zero-order valence-electron chi connectivity index (χ0n) is 27.1. The number of nitrogens with zero attached hydrogens (tertiary/aromatic N) is 1. The highest BCUT2D eigenvalue weighted by molar-refractivity contribution is 6.23. The van der Waals surface area contributed by atoms with Crippen LogP contribution in [0.4, 0.5) is 0 Å². The van der Waals surface area contributed by atoms with Crippen molar-refractivity contribution in [2.24, 2.45) is 0 Å². The Morgan fingerprint density at radius 3 is 1.84 bits per heavy atom. The van der Waals surface area contributed by atoms with Gasteiger partial charge in [0.25, 0.3) is 0 Å². The van der Waals surface area contributed by atoms with Gasteiger partial charge in [0.05, 0.1) is 11.0 Å². The molecule has 10 aromatic rings. The quantitative estimate of drug-likeness (QED) is 0.188. The SMILES string of the molecule is c1ccc2c(c1)Oc1ccc(-c3ccc(-c4ccc(-n5c6cc7ccccc7cc6c6c7ccccc7ccc65)cc4)cc3)c3cccc-2c13. The molecule has 0 amide bonds. The summed E-state index contributed by atoms with van der Waals surface area (Å²) in [4.78, 5) is 0. The van der Waals surface area contributed by atoms with E-state index in [-0.39, 0.29) is 0 Å². The second kappa shape index (κ2) is 10.4. The Hall–Kier alpha value is -6.64. The molecule has 11 rings (SSSR count). The fourth-order valence-electron chi connectivity index (χ4n) is 8.23. The van der Waals surface area contributed by atoms with Crippen LogP contribution in [0.25, 0.3) is 93.2 Å². The first kappa shape index (κ1) is 27.3. The van der Waals surface area contributed by atoms with Crippen LogP contribution in [0.5, 0.6) is 11.5 Å². The molecule has 0 unspecified atom stereocenters. The van der Waals surface area contributed by atoms with Gasteiger partial charge in [-0.3, -0.25) is 0 Å². The predicted molar refractivity (Wildman–Crippen MR) is 210 cm³/mol. The molecule has 50 heavy (non-hydrogen) atoms. The van der Waals surface area contributed by atoms with Crippen molar-refractivity contribution in [1.82, 2.24) is 4.57 Å². The summed E-state index contributed by atoms with van der Waals surface area (Å²) in [6.45, 7) is 0. The molecule has 0 N–H and O–H groups in total. The molecule has 9 aromatic carbocycles. The molecule has 0 bridgehead atoms. The Labute approximate surface area is 289 Å². The first-order valence-electron chi connectivity index (χ1n) is 17.2. The molecule has 0 aliphatic carbocycles. The molecule has 1 aliphatic heterocycles. The minimum atomic E-state index is 0.913. The van der Waals surface area contributed by atoms with Gasteiger partial charge < -0.3 is 9.30 Å². The largest absolute Gasteiger partial charge is 0.456 e. The van der Waals surface area contributed by atoms with Gasteiger partial charge in [-0.05, 0) is 97.2 Å². The van der Waals surface area contributed by atoms with E-state index in [0.29, 0.717) is 0 Å². The summed E-state index contributed by atoms with van der Waals surface area (Å²) in [7, 11) is 0. The molecule has 0 atom stereocenters. The van der Waals surface area contributed by atoms with Crippen LogP contribution in [0.2, 0.25) is 0 Å². The summed E-state index contributed by atoms with van der Waals surface area (Å²) in [5, 5.41) is 10.0. The normalized spacial score (nSPS) is 12.2. The lowest BCUT2D eigenvalue weighted by atomic mass is 9.90. The van der Waals surface area contributed by atoms with Crippen molar-refractivity contribution in [1.29, 1.82) is 0 Å². The summed E-state index contributed by atoms with van der Waals surface area (Å²) in [6, 6.07) is 63.8. The lowest BCUT2D eigenvalue weighted by Crippen LogP contribution is -1.97. The number of para-hydroxylation sites is 1. The fourth-order valence-corrected chi connectivity index (χ4v) is 8.23. The Morgan fingerprint density at radius 2 is 1.00 bits per heavy atom. The van der Waals surface area contributed by atoms with E-state index in [2.05, 4.69) is 168 Å². The molecule has 0 saturated heterocycles.